The maximum absolute atomic E-state index is 13.6. The number of morpholine rings is 1. The molecule has 2 N–H and O–H groups in total. The molecule has 1 aromatic carbocycles. The lowest BCUT2D eigenvalue weighted by Crippen LogP contribution is -2.52. The standard InChI is InChI=1S/C13H18ClFN2O/c1-8-6-17(7-13(2,3)18-8)12-5-10(15)9(14)4-11(12)16/h4-5,8H,6-7,16H2,1-3H3. The van der Waals surface area contributed by atoms with Gasteiger partial charge in [0.25, 0.3) is 0 Å². The first-order chi connectivity index (χ1) is 8.28. The number of hydrogen-bond donors (Lipinski definition) is 1. The zero-order valence-corrected chi connectivity index (χ0v) is 11.6. The molecule has 1 aliphatic rings. The van der Waals surface area contributed by atoms with Crippen molar-refractivity contribution in [2.75, 3.05) is 23.7 Å². The molecule has 0 aromatic heterocycles. The van der Waals surface area contributed by atoms with Crippen LogP contribution in [0.15, 0.2) is 12.1 Å². The van der Waals surface area contributed by atoms with Gasteiger partial charge in [0.15, 0.2) is 0 Å². The normalized spacial score (nSPS) is 23.2. The van der Waals surface area contributed by atoms with Crippen molar-refractivity contribution in [3.05, 3.63) is 23.0 Å². The first-order valence-electron chi connectivity index (χ1n) is 5.96. The van der Waals surface area contributed by atoms with Crippen LogP contribution in [0, 0.1) is 5.82 Å². The van der Waals surface area contributed by atoms with E-state index >= 15 is 0 Å². The van der Waals surface area contributed by atoms with Gasteiger partial charge in [0.1, 0.15) is 5.82 Å². The Morgan fingerprint density at radius 3 is 2.78 bits per heavy atom. The maximum Gasteiger partial charge on any atom is 0.144 e. The van der Waals surface area contributed by atoms with E-state index in [1.807, 2.05) is 25.7 Å². The van der Waals surface area contributed by atoms with E-state index < -0.39 is 5.82 Å². The third kappa shape index (κ3) is 2.70. The predicted octanol–water partition coefficient (Wildman–Crippen LogP) is 3.07. The molecule has 1 atom stereocenters. The molecule has 0 saturated carbocycles. The van der Waals surface area contributed by atoms with Crippen molar-refractivity contribution in [2.45, 2.75) is 32.5 Å². The summed E-state index contributed by atoms with van der Waals surface area (Å²) in [5, 5.41) is 0.0526. The average Bonchev–Trinajstić information content (AvgIpc) is 2.20. The second kappa shape index (κ2) is 4.59. The Balaban J connectivity index is 2.34. The fraction of sp³-hybridized carbons (Fsp3) is 0.538. The highest BCUT2D eigenvalue weighted by Crippen LogP contribution is 2.33. The summed E-state index contributed by atoms with van der Waals surface area (Å²) in [4.78, 5) is 2.04. The number of nitrogens with zero attached hydrogens (tertiary/aromatic N) is 1. The lowest BCUT2D eigenvalue weighted by Gasteiger charge is -2.43. The Bertz CT molecular complexity index is 465. The van der Waals surface area contributed by atoms with Gasteiger partial charge in [0.2, 0.25) is 0 Å². The molecule has 18 heavy (non-hydrogen) atoms. The number of nitrogen functional groups attached to an aromatic ring is 1. The Morgan fingerprint density at radius 2 is 2.17 bits per heavy atom. The maximum atomic E-state index is 13.6. The molecule has 0 radical (unpaired) electrons. The fourth-order valence-corrected chi connectivity index (χ4v) is 2.63. The van der Waals surface area contributed by atoms with E-state index in [1.165, 1.54) is 12.1 Å². The molecule has 1 fully saturated rings. The summed E-state index contributed by atoms with van der Waals surface area (Å²) in [5.74, 6) is -0.446. The number of nitrogens with two attached hydrogens (primary N) is 1. The van der Waals surface area contributed by atoms with Gasteiger partial charge in [0, 0.05) is 19.2 Å². The van der Waals surface area contributed by atoms with Crippen molar-refractivity contribution in [3.8, 4) is 0 Å². The predicted molar refractivity (Wildman–Crippen MR) is 72.7 cm³/mol. The molecule has 5 heteroatoms. The van der Waals surface area contributed by atoms with Crippen molar-refractivity contribution in [1.82, 2.24) is 0 Å². The number of rotatable bonds is 1. The van der Waals surface area contributed by atoms with Crippen LogP contribution in [-0.2, 0) is 4.74 Å². The molecule has 3 nitrogen and oxygen atoms in total. The van der Waals surface area contributed by atoms with Gasteiger partial charge >= 0.3 is 0 Å². The lowest BCUT2D eigenvalue weighted by molar-refractivity contribution is -0.0749. The van der Waals surface area contributed by atoms with Crippen molar-refractivity contribution < 1.29 is 9.13 Å². The number of halogens is 2. The van der Waals surface area contributed by atoms with E-state index in [9.17, 15) is 4.39 Å². The highest BCUT2D eigenvalue weighted by atomic mass is 35.5. The Morgan fingerprint density at radius 1 is 1.50 bits per heavy atom. The second-order valence-corrected chi connectivity index (χ2v) is 5.80. The van der Waals surface area contributed by atoms with E-state index in [1.54, 1.807) is 0 Å². The van der Waals surface area contributed by atoms with Gasteiger partial charge in [-0.3, -0.25) is 0 Å². The number of anilines is 2. The lowest BCUT2D eigenvalue weighted by atomic mass is 10.0. The highest BCUT2D eigenvalue weighted by molar-refractivity contribution is 6.31. The molecule has 0 aliphatic carbocycles. The Kier molecular flexibility index (Phi) is 3.43. The quantitative estimate of drug-likeness (QED) is 0.799. The van der Waals surface area contributed by atoms with Crippen molar-refractivity contribution in [3.63, 3.8) is 0 Å². The van der Waals surface area contributed by atoms with Crippen LogP contribution in [0.3, 0.4) is 0 Å². The van der Waals surface area contributed by atoms with E-state index in [0.29, 0.717) is 24.5 Å². The molecule has 0 amide bonds. The SMILES string of the molecule is CC1CN(c2cc(F)c(Cl)cc2N)CC(C)(C)O1. The monoisotopic (exact) mass is 272 g/mol. The Labute approximate surface area is 112 Å². The molecular formula is C13H18ClFN2O. The average molecular weight is 273 g/mol. The third-order valence-corrected chi connectivity index (χ3v) is 3.27. The van der Waals surface area contributed by atoms with Gasteiger partial charge in [-0.2, -0.15) is 0 Å². The molecular weight excluding hydrogens is 255 g/mol. The van der Waals surface area contributed by atoms with Crippen LogP contribution in [0.25, 0.3) is 0 Å². The molecule has 0 spiro atoms. The molecule has 100 valence electrons. The fourth-order valence-electron chi connectivity index (χ4n) is 2.46. The van der Waals surface area contributed by atoms with E-state index in [0.717, 1.165) is 0 Å². The van der Waals surface area contributed by atoms with Crippen LogP contribution in [0.2, 0.25) is 5.02 Å². The van der Waals surface area contributed by atoms with Crippen LogP contribution < -0.4 is 10.6 Å². The van der Waals surface area contributed by atoms with Crippen molar-refractivity contribution in [2.24, 2.45) is 0 Å². The molecule has 1 saturated heterocycles. The van der Waals surface area contributed by atoms with E-state index in [4.69, 9.17) is 22.1 Å². The van der Waals surface area contributed by atoms with Crippen LogP contribution in [-0.4, -0.2) is 24.8 Å². The molecule has 1 unspecified atom stereocenters. The minimum atomic E-state index is -0.446. The van der Waals surface area contributed by atoms with Gasteiger partial charge in [-0.05, 0) is 26.8 Å². The van der Waals surface area contributed by atoms with Crippen molar-refractivity contribution >= 4 is 23.0 Å². The number of benzene rings is 1. The first kappa shape index (κ1) is 13.4. The van der Waals surface area contributed by atoms with E-state index in [-0.39, 0.29) is 16.7 Å². The van der Waals surface area contributed by atoms with Gasteiger partial charge in [-0.25, -0.2) is 4.39 Å². The minimum absolute atomic E-state index is 0.0526. The highest BCUT2D eigenvalue weighted by Gasteiger charge is 2.32. The summed E-state index contributed by atoms with van der Waals surface area (Å²) >= 11 is 5.71. The zero-order chi connectivity index (χ0) is 13.5. The van der Waals surface area contributed by atoms with Crippen LogP contribution in [0.4, 0.5) is 15.8 Å². The molecule has 0 bridgehead atoms. The topological polar surface area (TPSA) is 38.5 Å². The van der Waals surface area contributed by atoms with Gasteiger partial charge in [-0.1, -0.05) is 11.6 Å². The largest absolute Gasteiger partial charge is 0.397 e. The third-order valence-electron chi connectivity index (χ3n) is 2.98. The molecule has 1 heterocycles. The molecule has 1 aromatic rings. The Hall–Kier alpha value is -1.00. The van der Waals surface area contributed by atoms with Crippen LogP contribution in [0.5, 0.6) is 0 Å². The van der Waals surface area contributed by atoms with Crippen molar-refractivity contribution in [1.29, 1.82) is 0 Å². The summed E-state index contributed by atoms with van der Waals surface area (Å²) in [5.41, 5.74) is 6.82. The molecule has 2 rings (SSSR count). The summed E-state index contributed by atoms with van der Waals surface area (Å²) in [6, 6.07) is 2.85. The number of hydrogen-bond acceptors (Lipinski definition) is 3. The molecule has 1 aliphatic heterocycles. The summed E-state index contributed by atoms with van der Waals surface area (Å²) < 4.78 is 19.4. The van der Waals surface area contributed by atoms with Gasteiger partial charge in [0.05, 0.1) is 28.1 Å². The summed E-state index contributed by atoms with van der Waals surface area (Å²) in [6.45, 7) is 7.38. The number of ether oxygens (including phenoxy) is 1. The zero-order valence-electron chi connectivity index (χ0n) is 10.8. The smallest absolute Gasteiger partial charge is 0.144 e. The van der Waals surface area contributed by atoms with Crippen LogP contribution in [0.1, 0.15) is 20.8 Å². The van der Waals surface area contributed by atoms with Crippen LogP contribution >= 0.6 is 11.6 Å². The summed E-state index contributed by atoms with van der Waals surface area (Å²) in [7, 11) is 0. The minimum Gasteiger partial charge on any atom is -0.397 e. The summed E-state index contributed by atoms with van der Waals surface area (Å²) in [6.07, 6.45) is 0.0758. The van der Waals surface area contributed by atoms with Gasteiger partial charge in [-0.15, -0.1) is 0 Å². The van der Waals surface area contributed by atoms with Gasteiger partial charge < -0.3 is 15.4 Å². The first-order valence-corrected chi connectivity index (χ1v) is 6.33. The second-order valence-electron chi connectivity index (χ2n) is 5.39. The van der Waals surface area contributed by atoms with E-state index in [2.05, 4.69) is 0 Å².